The molecule has 0 unspecified atom stereocenters. The van der Waals surface area contributed by atoms with E-state index in [0.29, 0.717) is 38.6 Å². The molecule has 0 fully saturated rings. The van der Waals surface area contributed by atoms with Gasteiger partial charge in [0.1, 0.15) is 28.2 Å². The lowest BCUT2D eigenvalue weighted by atomic mass is 10.0. The molecule has 3 aromatic rings. The predicted octanol–water partition coefficient (Wildman–Crippen LogP) is 4.88. The Morgan fingerprint density at radius 1 is 0.895 bits per heavy atom. The largest absolute Gasteiger partial charge is 0.497 e. The number of hydrogen-bond acceptors (Lipinski definition) is 8. The van der Waals surface area contributed by atoms with Gasteiger partial charge >= 0.3 is 0 Å². The zero-order valence-corrected chi connectivity index (χ0v) is 24.5. The second kappa shape index (κ2) is 12.3. The summed E-state index contributed by atoms with van der Waals surface area (Å²) in [5, 5.41) is -1.54. The average Bonchev–Trinajstić information content (AvgIpc) is 2.92. The van der Waals surface area contributed by atoms with Gasteiger partial charge in [-0.1, -0.05) is 12.1 Å². The second-order valence-electron chi connectivity index (χ2n) is 8.61. The van der Waals surface area contributed by atoms with Gasteiger partial charge in [0.05, 0.1) is 32.9 Å². The highest BCUT2D eigenvalue weighted by Gasteiger charge is 2.46. The maximum absolute atomic E-state index is 16.1. The quantitative estimate of drug-likeness (QED) is 0.286. The molecule has 0 bridgehead atoms. The van der Waals surface area contributed by atoms with Crippen molar-refractivity contribution in [2.24, 2.45) is 0 Å². The fraction of sp³-hybridized carbons (Fsp3) is 0.385. The summed E-state index contributed by atoms with van der Waals surface area (Å²) in [5.74, 6) is 1.72. The van der Waals surface area contributed by atoms with Gasteiger partial charge in [-0.05, 0) is 41.9 Å². The normalized spacial score (nSPS) is 14.0. The van der Waals surface area contributed by atoms with Gasteiger partial charge in [-0.2, -0.15) is 4.31 Å². The minimum atomic E-state index is -4.30. The van der Waals surface area contributed by atoms with Gasteiger partial charge in [0.25, 0.3) is 0 Å². The van der Waals surface area contributed by atoms with Crippen molar-refractivity contribution in [3.8, 4) is 23.0 Å². The van der Waals surface area contributed by atoms with Crippen molar-refractivity contribution >= 4 is 26.0 Å². The van der Waals surface area contributed by atoms with Crippen LogP contribution < -0.4 is 18.9 Å². The van der Waals surface area contributed by atoms with Crippen molar-refractivity contribution in [2.45, 2.75) is 37.9 Å². The third-order valence-electron chi connectivity index (χ3n) is 6.31. The van der Waals surface area contributed by atoms with Crippen molar-refractivity contribution in [1.82, 2.24) is 14.3 Å². The second-order valence-corrected chi connectivity index (χ2v) is 11.8. The monoisotopic (exact) mass is 611 g/mol. The van der Waals surface area contributed by atoms with E-state index in [-0.39, 0.29) is 18.9 Å². The van der Waals surface area contributed by atoms with E-state index in [0.717, 1.165) is 0 Å². The van der Waals surface area contributed by atoms with Crippen LogP contribution in [0.15, 0.2) is 53.3 Å². The summed E-state index contributed by atoms with van der Waals surface area (Å²) in [5.41, 5.74) is -1.26. The van der Waals surface area contributed by atoms with E-state index in [1.807, 2.05) is 0 Å². The standard InChI is InChI=1S/C26H31BrFN3O6S/c1-17(26(2,28)25-29-13-20(27)14-30-25)38(32,33)31(15-18-7-9-21(34-3)11-23(18)36-5)16-19-8-10-22(35-4)12-24(19)37-6/h7-14,17H,15-16H2,1-6H3/t17-,26-/m1/s1. The van der Waals surface area contributed by atoms with Crippen LogP contribution >= 0.6 is 15.9 Å². The molecule has 0 saturated carbocycles. The van der Waals surface area contributed by atoms with E-state index >= 15 is 4.39 Å². The Kier molecular flexibility index (Phi) is 9.55. The first-order valence-electron chi connectivity index (χ1n) is 11.6. The topological polar surface area (TPSA) is 100 Å². The molecule has 2 aromatic carbocycles. The molecule has 38 heavy (non-hydrogen) atoms. The molecule has 0 aliphatic carbocycles. The molecule has 2 atom stereocenters. The fourth-order valence-corrected chi connectivity index (χ4v) is 5.79. The van der Waals surface area contributed by atoms with Crippen molar-refractivity contribution < 1.29 is 31.8 Å². The average molecular weight is 613 g/mol. The van der Waals surface area contributed by atoms with Gasteiger partial charge in [0, 0.05) is 48.7 Å². The Balaban J connectivity index is 2.08. The number of rotatable bonds is 12. The molecule has 12 heteroatoms. The number of nitrogens with zero attached hydrogens (tertiary/aromatic N) is 3. The maximum atomic E-state index is 16.1. The van der Waals surface area contributed by atoms with Crippen LogP contribution in [0, 0.1) is 0 Å². The minimum Gasteiger partial charge on any atom is -0.497 e. The van der Waals surface area contributed by atoms with E-state index in [9.17, 15) is 8.42 Å². The molecule has 0 saturated heterocycles. The molecule has 0 aliphatic heterocycles. The number of benzene rings is 2. The number of hydrogen-bond donors (Lipinski definition) is 0. The van der Waals surface area contributed by atoms with E-state index in [1.165, 1.54) is 59.0 Å². The summed E-state index contributed by atoms with van der Waals surface area (Å²) >= 11 is 3.22. The molecular formula is C26H31BrFN3O6S. The summed E-state index contributed by atoms with van der Waals surface area (Å²) < 4.78 is 67.5. The molecule has 0 amide bonds. The number of halogens is 2. The van der Waals surface area contributed by atoms with Crippen LogP contribution in [0.2, 0.25) is 0 Å². The van der Waals surface area contributed by atoms with Crippen LogP contribution in [0.4, 0.5) is 4.39 Å². The number of ether oxygens (including phenoxy) is 4. The number of aromatic nitrogens is 2. The third-order valence-corrected chi connectivity index (χ3v) is 9.03. The summed E-state index contributed by atoms with van der Waals surface area (Å²) in [7, 11) is 1.71. The first-order valence-corrected chi connectivity index (χ1v) is 13.8. The zero-order valence-electron chi connectivity index (χ0n) is 22.1. The Bertz CT molecular complexity index is 1300. The van der Waals surface area contributed by atoms with Crippen molar-refractivity contribution in [2.75, 3.05) is 28.4 Å². The van der Waals surface area contributed by atoms with Gasteiger partial charge in [-0.3, -0.25) is 0 Å². The van der Waals surface area contributed by atoms with Crippen molar-refractivity contribution in [3.63, 3.8) is 0 Å². The highest BCUT2D eigenvalue weighted by atomic mass is 79.9. The fourth-order valence-electron chi connectivity index (χ4n) is 3.83. The van der Waals surface area contributed by atoms with Crippen LogP contribution in [0.3, 0.4) is 0 Å². The smallest absolute Gasteiger partial charge is 0.220 e. The van der Waals surface area contributed by atoms with E-state index in [4.69, 9.17) is 18.9 Å². The molecule has 206 valence electrons. The predicted molar refractivity (Wildman–Crippen MR) is 145 cm³/mol. The molecule has 0 N–H and O–H groups in total. The van der Waals surface area contributed by atoms with Crippen LogP contribution in [0.5, 0.6) is 23.0 Å². The summed E-state index contributed by atoms with van der Waals surface area (Å²) in [4.78, 5) is 8.04. The molecule has 1 aromatic heterocycles. The highest BCUT2D eigenvalue weighted by Crippen LogP contribution is 2.36. The van der Waals surface area contributed by atoms with Gasteiger partial charge in [-0.15, -0.1) is 0 Å². The first-order chi connectivity index (χ1) is 18.0. The Morgan fingerprint density at radius 2 is 1.34 bits per heavy atom. The van der Waals surface area contributed by atoms with Crippen molar-refractivity contribution in [3.05, 3.63) is 70.2 Å². The number of alkyl halides is 1. The SMILES string of the molecule is COc1ccc(CN(Cc2ccc(OC)cc2OC)S(=O)(=O)[C@H](C)[C@@](C)(F)c2ncc(Br)cn2)c(OC)c1. The third kappa shape index (κ3) is 6.36. The highest BCUT2D eigenvalue weighted by molar-refractivity contribution is 9.10. The first kappa shape index (κ1) is 29.6. The maximum Gasteiger partial charge on any atom is 0.220 e. The summed E-state index contributed by atoms with van der Waals surface area (Å²) in [6.45, 7) is 2.27. The zero-order chi connectivity index (χ0) is 28.1. The van der Waals surface area contributed by atoms with Gasteiger partial charge in [0.15, 0.2) is 11.5 Å². The lowest BCUT2D eigenvalue weighted by Crippen LogP contribution is -2.45. The molecule has 1 heterocycles. The van der Waals surface area contributed by atoms with E-state index < -0.39 is 20.9 Å². The minimum absolute atomic E-state index is 0.105. The number of sulfonamides is 1. The lowest BCUT2D eigenvalue weighted by Gasteiger charge is -2.32. The van der Waals surface area contributed by atoms with Gasteiger partial charge in [-0.25, -0.2) is 22.8 Å². The molecular weight excluding hydrogens is 581 g/mol. The van der Waals surface area contributed by atoms with Crippen LogP contribution in [-0.2, 0) is 28.8 Å². The van der Waals surface area contributed by atoms with Crippen LogP contribution in [0.25, 0.3) is 0 Å². The van der Waals surface area contributed by atoms with Crippen LogP contribution in [0.1, 0.15) is 30.8 Å². The van der Waals surface area contributed by atoms with E-state index in [2.05, 4.69) is 25.9 Å². The Labute approximate surface area is 231 Å². The molecule has 9 nitrogen and oxygen atoms in total. The summed E-state index contributed by atoms with van der Waals surface area (Å²) in [6, 6.07) is 10.1. The molecule has 3 rings (SSSR count). The van der Waals surface area contributed by atoms with Gasteiger partial charge < -0.3 is 18.9 Å². The number of methoxy groups -OCH3 is 4. The van der Waals surface area contributed by atoms with E-state index in [1.54, 1.807) is 36.4 Å². The van der Waals surface area contributed by atoms with Crippen molar-refractivity contribution in [1.29, 1.82) is 0 Å². The molecule has 0 spiro atoms. The lowest BCUT2D eigenvalue weighted by molar-refractivity contribution is 0.169. The summed E-state index contributed by atoms with van der Waals surface area (Å²) in [6.07, 6.45) is 2.75. The molecule has 0 radical (unpaired) electrons. The molecule has 0 aliphatic rings. The Morgan fingerprint density at radius 3 is 1.74 bits per heavy atom. The van der Waals surface area contributed by atoms with Gasteiger partial charge in [0.2, 0.25) is 10.0 Å². The van der Waals surface area contributed by atoms with Crippen LogP contribution in [-0.4, -0.2) is 56.4 Å². The Hall–Kier alpha value is -2.96.